The normalized spacial score (nSPS) is 17.9. The third-order valence-corrected chi connectivity index (χ3v) is 4.50. The Morgan fingerprint density at radius 3 is 2.96 bits per heavy atom. The van der Waals surface area contributed by atoms with Crippen molar-refractivity contribution in [1.29, 1.82) is 0 Å². The number of likely N-dealkylation sites (tertiary alicyclic amines) is 1. The van der Waals surface area contributed by atoms with Crippen molar-refractivity contribution in [3.05, 3.63) is 36.0 Å². The summed E-state index contributed by atoms with van der Waals surface area (Å²) >= 11 is 0. The van der Waals surface area contributed by atoms with E-state index in [0.717, 1.165) is 23.0 Å². The van der Waals surface area contributed by atoms with Gasteiger partial charge in [0.2, 0.25) is 11.8 Å². The first-order valence-electron chi connectivity index (χ1n) is 8.33. The van der Waals surface area contributed by atoms with Crippen LogP contribution >= 0.6 is 0 Å². The van der Waals surface area contributed by atoms with Crippen molar-refractivity contribution >= 4 is 22.7 Å². The van der Waals surface area contributed by atoms with Gasteiger partial charge in [-0.3, -0.25) is 9.59 Å². The molecule has 1 fully saturated rings. The molecule has 1 aliphatic heterocycles. The summed E-state index contributed by atoms with van der Waals surface area (Å²) in [4.78, 5) is 31.7. The Morgan fingerprint density at radius 2 is 2.17 bits per heavy atom. The van der Waals surface area contributed by atoms with Crippen molar-refractivity contribution < 1.29 is 9.59 Å². The van der Waals surface area contributed by atoms with Crippen LogP contribution < -0.4 is 5.32 Å². The monoisotopic (exact) mass is 328 g/mol. The molecule has 0 radical (unpaired) electrons. The lowest BCUT2D eigenvalue weighted by Gasteiger charge is -2.24. The molecule has 1 unspecified atom stereocenters. The van der Waals surface area contributed by atoms with Crippen molar-refractivity contribution in [3.8, 4) is 0 Å². The largest absolute Gasteiger partial charge is 0.361 e. The summed E-state index contributed by atoms with van der Waals surface area (Å²) in [6.45, 7) is 1.85. The van der Waals surface area contributed by atoms with Crippen LogP contribution in [0.25, 0.3) is 10.9 Å². The fraction of sp³-hybridized carbons (Fsp3) is 0.444. The van der Waals surface area contributed by atoms with Gasteiger partial charge >= 0.3 is 0 Å². The van der Waals surface area contributed by atoms with Crippen molar-refractivity contribution in [3.63, 3.8) is 0 Å². The van der Waals surface area contributed by atoms with Crippen LogP contribution in [0.2, 0.25) is 0 Å². The third-order valence-electron chi connectivity index (χ3n) is 4.50. The van der Waals surface area contributed by atoms with E-state index in [4.69, 9.17) is 0 Å². The highest BCUT2D eigenvalue weighted by molar-refractivity contribution is 5.91. The van der Waals surface area contributed by atoms with Crippen molar-refractivity contribution in [1.82, 2.24) is 20.1 Å². The summed E-state index contributed by atoms with van der Waals surface area (Å²) in [5, 5.41) is 4.04. The van der Waals surface area contributed by atoms with Crippen LogP contribution in [0, 0.1) is 0 Å². The average Bonchev–Trinajstić information content (AvgIpc) is 3.12. The van der Waals surface area contributed by atoms with Crippen molar-refractivity contribution in [2.24, 2.45) is 0 Å². The number of H-pyrrole nitrogens is 1. The first-order chi connectivity index (χ1) is 11.6. The SMILES string of the molecule is CN(C)CCNC(=O)C1CCC(=O)N1Cc1c[nH]c2ccccc12. The number of nitrogens with zero attached hydrogens (tertiary/aromatic N) is 2. The number of hydrogen-bond acceptors (Lipinski definition) is 3. The number of nitrogens with one attached hydrogen (secondary N) is 2. The lowest BCUT2D eigenvalue weighted by molar-refractivity contribution is -0.135. The number of benzene rings is 1. The predicted molar refractivity (Wildman–Crippen MR) is 93.4 cm³/mol. The molecular weight excluding hydrogens is 304 g/mol. The van der Waals surface area contributed by atoms with Crippen LogP contribution in [0.3, 0.4) is 0 Å². The van der Waals surface area contributed by atoms with E-state index in [1.165, 1.54) is 0 Å². The second kappa shape index (κ2) is 7.05. The van der Waals surface area contributed by atoms with E-state index in [1.807, 2.05) is 49.5 Å². The van der Waals surface area contributed by atoms with Crippen LogP contribution in [0.5, 0.6) is 0 Å². The van der Waals surface area contributed by atoms with E-state index < -0.39 is 0 Å². The second-order valence-corrected chi connectivity index (χ2v) is 6.53. The van der Waals surface area contributed by atoms with Gasteiger partial charge in [-0.1, -0.05) is 18.2 Å². The van der Waals surface area contributed by atoms with E-state index in [2.05, 4.69) is 10.3 Å². The van der Waals surface area contributed by atoms with Gasteiger partial charge in [-0.05, 0) is 32.1 Å². The molecule has 1 atom stereocenters. The predicted octanol–water partition coefficient (Wildman–Crippen LogP) is 1.34. The van der Waals surface area contributed by atoms with Gasteiger partial charge in [0.1, 0.15) is 6.04 Å². The van der Waals surface area contributed by atoms with Crippen LogP contribution in [-0.2, 0) is 16.1 Å². The number of aromatic amines is 1. The van der Waals surface area contributed by atoms with E-state index in [1.54, 1.807) is 4.90 Å². The van der Waals surface area contributed by atoms with Crippen molar-refractivity contribution in [2.75, 3.05) is 27.2 Å². The van der Waals surface area contributed by atoms with Crippen LogP contribution in [0.15, 0.2) is 30.5 Å². The Labute approximate surface area is 141 Å². The summed E-state index contributed by atoms with van der Waals surface area (Å²) in [5.74, 6) is -0.00409. The molecular formula is C18H24N4O2. The van der Waals surface area contributed by atoms with E-state index in [-0.39, 0.29) is 17.9 Å². The zero-order valence-electron chi connectivity index (χ0n) is 14.2. The molecule has 1 aliphatic rings. The molecule has 6 nitrogen and oxygen atoms in total. The molecule has 2 heterocycles. The van der Waals surface area contributed by atoms with Crippen molar-refractivity contribution in [2.45, 2.75) is 25.4 Å². The zero-order valence-corrected chi connectivity index (χ0v) is 14.2. The molecule has 1 aromatic carbocycles. The highest BCUT2D eigenvalue weighted by atomic mass is 16.2. The summed E-state index contributed by atoms with van der Waals surface area (Å²) in [6.07, 6.45) is 2.96. The summed E-state index contributed by atoms with van der Waals surface area (Å²) in [7, 11) is 3.93. The lowest BCUT2D eigenvalue weighted by atomic mass is 10.1. The minimum atomic E-state index is -0.367. The Morgan fingerprint density at radius 1 is 1.38 bits per heavy atom. The Hall–Kier alpha value is -2.34. The highest BCUT2D eigenvalue weighted by Crippen LogP contribution is 2.25. The standard InChI is InChI=1S/C18H24N4O2/c1-21(2)10-9-19-18(24)16-7-8-17(23)22(16)12-13-11-20-15-6-4-3-5-14(13)15/h3-6,11,16,20H,7-10,12H2,1-2H3,(H,19,24). The van der Waals surface area contributed by atoms with E-state index in [9.17, 15) is 9.59 Å². The Kier molecular flexibility index (Phi) is 4.85. The molecule has 2 amide bonds. The average molecular weight is 328 g/mol. The first kappa shape index (κ1) is 16.5. The Bertz CT molecular complexity index is 737. The molecule has 0 spiro atoms. The molecule has 0 bridgehead atoms. The molecule has 0 aliphatic carbocycles. The highest BCUT2D eigenvalue weighted by Gasteiger charge is 2.36. The molecule has 0 saturated carbocycles. The van der Waals surface area contributed by atoms with Gasteiger partial charge in [0.25, 0.3) is 0 Å². The fourth-order valence-corrected chi connectivity index (χ4v) is 3.17. The van der Waals surface area contributed by atoms with Gasteiger partial charge in [0.15, 0.2) is 0 Å². The summed E-state index contributed by atoms with van der Waals surface area (Å²) < 4.78 is 0. The number of rotatable bonds is 6. The second-order valence-electron chi connectivity index (χ2n) is 6.53. The van der Waals surface area contributed by atoms with Crippen LogP contribution in [-0.4, -0.2) is 59.8 Å². The summed E-state index contributed by atoms with van der Waals surface area (Å²) in [5.41, 5.74) is 2.10. The van der Waals surface area contributed by atoms with Gasteiger partial charge in [-0.2, -0.15) is 0 Å². The van der Waals surface area contributed by atoms with E-state index in [0.29, 0.717) is 25.9 Å². The number of hydrogen-bond donors (Lipinski definition) is 2. The maximum Gasteiger partial charge on any atom is 0.242 e. The number of aromatic nitrogens is 1. The summed E-state index contributed by atoms with van der Waals surface area (Å²) in [6, 6.07) is 7.64. The molecule has 2 N–H and O–H groups in total. The van der Waals surface area contributed by atoms with Gasteiger partial charge in [0.05, 0.1) is 0 Å². The van der Waals surface area contributed by atoms with Gasteiger partial charge in [0, 0.05) is 43.2 Å². The minimum Gasteiger partial charge on any atom is -0.361 e. The molecule has 6 heteroatoms. The number of carbonyl (C=O) groups excluding carboxylic acids is 2. The van der Waals surface area contributed by atoms with Gasteiger partial charge < -0.3 is 20.1 Å². The third kappa shape index (κ3) is 3.43. The first-order valence-corrected chi connectivity index (χ1v) is 8.33. The number of likely N-dealkylation sites (N-methyl/N-ethyl adjacent to an activating group) is 1. The number of para-hydroxylation sites is 1. The van der Waals surface area contributed by atoms with Crippen LogP contribution in [0.1, 0.15) is 18.4 Å². The molecule has 3 rings (SSSR count). The molecule has 128 valence electrons. The quantitative estimate of drug-likeness (QED) is 0.841. The topological polar surface area (TPSA) is 68.4 Å². The molecule has 24 heavy (non-hydrogen) atoms. The molecule has 1 saturated heterocycles. The minimum absolute atomic E-state index is 0.0491. The molecule has 2 aromatic rings. The van der Waals surface area contributed by atoms with Crippen LogP contribution in [0.4, 0.5) is 0 Å². The van der Waals surface area contributed by atoms with Gasteiger partial charge in [-0.25, -0.2) is 0 Å². The number of fused-ring (bicyclic) bond motifs is 1. The number of carbonyl (C=O) groups is 2. The van der Waals surface area contributed by atoms with Gasteiger partial charge in [-0.15, -0.1) is 0 Å². The zero-order chi connectivity index (χ0) is 17.1. The molecule has 1 aromatic heterocycles. The fourth-order valence-electron chi connectivity index (χ4n) is 3.17. The lowest BCUT2D eigenvalue weighted by Crippen LogP contribution is -2.45. The van der Waals surface area contributed by atoms with E-state index >= 15 is 0 Å². The number of amides is 2. The maximum atomic E-state index is 12.4. The maximum absolute atomic E-state index is 12.4. The Balaban J connectivity index is 1.70. The smallest absolute Gasteiger partial charge is 0.242 e.